The molecule has 0 heteroatoms. The average Bonchev–Trinajstić information content (AvgIpc) is 1.57. The second-order valence-corrected chi connectivity index (χ2v) is 40.4. The van der Waals surface area contributed by atoms with Crippen molar-refractivity contribution in [3.05, 3.63) is 501 Å². The van der Waals surface area contributed by atoms with Gasteiger partial charge in [0.15, 0.2) is 0 Å². The van der Waals surface area contributed by atoms with Crippen LogP contribution in [0.3, 0.4) is 0 Å². The molecule has 6 aliphatic carbocycles. The van der Waals surface area contributed by atoms with Crippen molar-refractivity contribution in [3.63, 3.8) is 0 Å². The summed E-state index contributed by atoms with van der Waals surface area (Å²) in [6.07, 6.45) is 0. The molecule has 0 amide bonds. The van der Waals surface area contributed by atoms with Gasteiger partial charge in [-0.25, -0.2) is 0 Å². The number of aryl methyl sites for hydroxylation is 6. The van der Waals surface area contributed by atoms with Gasteiger partial charge < -0.3 is 0 Å². The SMILES string of the molecule is Cc1ccc(-c2cccc3c2-c2ccccc2C3(C)C)cc1.Cc1ccc(-c2cccc3c2C(C)(C)c2ccccc2-3)cc1.Cc1ccc(-c2ccccc2)c2c1-c1ccccc1C2(C)C.Cc1ccc(-c2ccccc2)c2c1C(C)(C)c1ccccc1-2.Cc1cccc(-c2cccc3c2-c2ccccc2C3(C)C)c1.Cc1ccccc1-c1cccc2c1-c1ccccc1C2(C)C. The fourth-order valence-corrected chi connectivity index (χ4v) is 23.2. The Morgan fingerprint density at radius 2 is 0.409 bits per heavy atom. The zero-order valence-corrected chi connectivity index (χ0v) is 80.1. The van der Waals surface area contributed by atoms with E-state index in [-0.39, 0.29) is 32.5 Å². The normalized spacial score (nSPS) is 14.5. The summed E-state index contributed by atoms with van der Waals surface area (Å²) in [5.74, 6) is 0. The first kappa shape index (κ1) is 87.3. The molecule has 0 saturated carbocycles. The van der Waals surface area contributed by atoms with Crippen LogP contribution in [-0.4, -0.2) is 0 Å². The van der Waals surface area contributed by atoms with Crippen molar-refractivity contribution in [3.8, 4) is 134 Å². The van der Waals surface area contributed by atoms with Crippen LogP contribution < -0.4 is 0 Å². The van der Waals surface area contributed by atoms with Crippen molar-refractivity contribution >= 4 is 0 Å². The Kier molecular flexibility index (Phi) is 22.7. The standard InChI is InChI=1S/6C22H20/c1-15-8-6-9-16(14-15)17-11-7-13-20-21(17)18-10-4-5-12-19(18)22(20,2)3;1-15-9-4-5-10-16(15)17-12-8-14-20-21(17)18-11-6-7-13-19(18)22(20,2)3;1-15-11-13-16(14-12-15)17-8-6-9-19-18-7-4-5-10-20(18)22(2,3)21(17)19;1-15-11-13-16(14-12-15)17-8-6-10-20-21(17)18-7-4-5-9-19(18)22(20,2)3;1-15-13-14-17(16-9-5-4-6-10-16)20-18-11-7-8-12-19(18)22(2,3)21(15)20;1-15-13-14-17(16-9-5-4-6-10-16)21-20(15)18-11-7-8-12-19(18)22(21,2)3/h6*4-14H,1-3H3. The third-order valence-electron chi connectivity index (χ3n) is 29.9. The summed E-state index contributed by atoms with van der Waals surface area (Å²) in [7, 11) is 0. The Morgan fingerprint density at radius 1 is 0.129 bits per heavy atom. The number of hydrogen-bond acceptors (Lipinski definition) is 0. The van der Waals surface area contributed by atoms with E-state index in [1.807, 2.05) is 0 Å². The van der Waals surface area contributed by atoms with Crippen molar-refractivity contribution in [2.75, 3.05) is 0 Å². The number of rotatable bonds is 6. The molecule has 0 N–H and O–H groups in total. The third kappa shape index (κ3) is 15.1. The molecular weight excluding hydrogens is 1590 g/mol. The van der Waals surface area contributed by atoms with Crippen molar-refractivity contribution in [2.24, 2.45) is 0 Å². The van der Waals surface area contributed by atoms with E-state index in [1.54, 1.807) is 0 Å². The monoisotopic (exact) mass is 1700 g/mol. The van der Waals surface area contributed by atoms with E-state index < -0.39 is 0 Å². The van der Waals surface area contributed by atoms with Gasteiger partial charge in [0.2, 0.25) is 0 Å². The van der Waals surface area contributed by atoms with Crippen molar-refractivity contribution in [1.29, 1.82) is 0 Å². The fourth-order valence-electron chi connectivity index (χ4n) is 23.2. The maximum absolute atomic E-state index is 2.35. The lowest BCUT2D eigenvalue weighted by atomic mass is 9.78. The Labute approximate surface area is 785 Å². The van der Waals surface area contributed by atoms with Gasteiger partial charge in [-0.3, -0.25) is 0 Å². The average molecular weight is 1710 g/mol. The van der Waals surface area contributed by atoms with E-state index in [0.717, 1.165) is 0 Å². The van der Waals surface area contributed by atoms with Crippen LogP contribution in [0.5, 0.6) is 0 Å². The van der Waals surface area contributed by atoms with Crippen LogP contribution in [0, 0.1) is 41.5 Å². The Morgan fingerprint density at radius 3 is 0.886 bits per heavy atom. The minimum Gasteiger partial charge on any atom is -0.0622 e. The van der Waals surface area contributed by atoms with Crippen LogP contribution in [0.4, 0.5) is 0 Å². The van der Waals surface area contributed by atoms with Gasteiger partial charge in [0.05, 0.1) is 0 Å². The predicted octanol–water partition coefficient (Wildman–Crippen LogP) is 35.8. The topological polar surface area (TPSA) is 0 Å². The lowest BCUT2D eigenvalue weighted by molar-refractivity contribution is 0.656. The van der Waals surface area contributed by atoms with E-state index in [2.05, 4.69) is 525 Å². The second kappa shape index (κ2) is 34.4. The molecule has 0 aromatic heterocycles. The van der Waals surface area contributed by atoms with Gasteiger partial charge >= 0.3 is 0 Å². The first-order valence-electron chi connectivity index (χ1n) is 47.4. The van der Waals surface area contributed by atoms with E-state index in [4.69, 9.17) is 0 Å². The van der Waals surface area contributed by atoms with Crippen molar-refractivity contribution in [1.82, 2.24) is 0 Å². The van der Waals surface area contributed by atoms with Gasteiger partial charge in [0, 0.05) is 32.5 Å². The molecule has 0 radical (unpaired) electrons. The van der Waals surface area contributed by atoms with Gasteiger partial charge in [-0.1, -0.05) is 500 Å². The van der Waals surface area contributed by atoms with Gasteiger partial charge in [0.25, 0.3) is 0 Å². The Balaban J connectivity index is 0.000000102. The van der Waals surface area contributed by atoms with Crippen molar-refractivity contribution in [2.45, 2.75) is 157 Å². The minimum absolute atomic E-state index is 0.0448. The highest BCUT2D eigenvalue weighted by Crippen LogP contribution is 2.60. The highest BCUT2D eigenvalue weighted by atomic mass is 14.5. The Bertz CT molecular complexity index is 7450. The molecule has 0 fully saturated rings. The summed E-state index contributed by atoms with van der Waals surface area (Å²) < 4.78 is 0. The highest BCUT2D eigenvalue weighted by Gasteiger charge is 2.44. The summed E-state index contributed by atoms with van der Waals surface area (Å²) in [4.78, 5) is 0. The molecule has 0 saturated heterocycles. The lowest BCUT2D eigenvalue weighted by Crippen LogP contribution is -2.16. The summed E-state index contributed by atoms with van der Waals surface area (Å²) in [5.41, 5.74) is 58.5. The van der Waals surface area contributed by atoms with E-state index in [9.17, 15) is 0 Å². The number of benzene rings is 18. The Hall–Kier alpha value is -14.0. The summed E-state index contributed by atoms with van der Waals surface area (Å²) in [6.45, 7) is 41.2. The number of fused-ring (bicyclic) bond motifs is 18. The van der Waals surface area contributed by atoms with Crippen LogP contribution >= 0.6 is 0 Å². The fraction of sp³-hybridized carbons (Fsp3) is 0.182. The molecule has 0 atom stereocenters. The lowest BCUT2D eigenvalue weighted by Gasteiger charge is -2.25. The van der Waals surface area contributed by atoms with Crippen LogP contribution in [0.25, 0.3) is 134 Å². The first-order valence-corrected chi connectivity index (χ1v) is 47.4. The molecule has 0 aliphatic heterocycles. The van der Waals surface area contributed by atoms with Gasteiger partial charge in [-0.2, -0.15) is 0 Å². The molecule has 0 bridgehead atoms. The van der Waals surface area contributed by atoms with Crippen LogP contribution in [-0.2, 0) is 32.5 Å². The molecule has 132 heavy (non-hydrogen) atoms. The van der Waals surface area contributed by atoms with Gasteiger partial charge in [-0.15, -0.1) is 0 Å². The molecule has 6 aliphatic rings. The maximum Gasteiger partial charge on any atom is 0.0165 e. The summed E-state index contributed by atoms with van der Waals surface area (Å²) in [5, 5.41) is 0. The zero-order chi connectivity index (χ0) is 91.9. The number of hydrogen-bond donors (Lipinski definition) is 0. The largest absolute Gasteiger partial charge is 0.0622 e. The van der Waals surface area contributed by atoms with Crippen molar-refractivity contribution < 1.29 is 0 Å². The van der Waals surface area contributed by atoms with Gasteiger partial charge in [0.1, 0.15) is 0 Å². The van der Waals surface area contributed by atoms with E-state index >= 15 is 0 Å². The first-order chi connectivity index (χ1) is 63.6. The van der Waals surface area contributed by atoms with E-state index in [0.29, 0.717) is 0 Å². The zero-order valence-electron chi connectivity index (χ0n) is 80.1. The highest BCUT2D eigenvalue weighted by molar-refractivity contribution is 5.98. The molecule has 18 aromatic carbocycles. The van der Waals surface area contributed by atoms with E-state index in [1.165, 1.54) is 234 Å². The van der Waals surface area contributed by atoms with Crippen LogP contribution in [0.1, 0.15) is 183 Å². The molecule has 648 valence electrons. The quantitative estimate of drug-likeness (QED) is 0.156. The maximum atomic E-state index is 2.35. The molecule has 24 rings (SSSR count). The van der Waals surface area contributed by atoms with Crippen LogP contribution in [0.15, 0.2) is 400 Å². The molecule has 0 unspecified atom stereocenters. The third-order valence-corrected chi connectivity index (χ3v) is 29.9. The smallest absolute Gasteiger partial charge is 0.0165 e. The molecular formula is C132H120. The van der Waals surface area contributed by atoms with Gasteiger partial charge in [-0.05, 0) is 259 Å². The molecule has 0 nitrogen and oxygen atoms in total. The minimum atomic E-state index is 0.0448. The molecule has 0 spiro atoms. The summed E-state index contributed by atoms with van der Waals surface area (Å²) >= 11 is 0. The predicted molar refractivity (Wildman–Crippen MR) is 565 cm³/mol. The summed E-state index contributed by atoms with van der Waals surface area (Å²) in [6, 6.07) is 146. The molecule has 18 aromatic rings. The molecule has 0 heterocycles. The van der Waals surface area contributed by atoms with Crippen LogP contribution in [0.2, 0.25) is 0 Å². The second-order valence-electron chi connectivity index (χ2n) is 40.4.